The molecule has 0 unspecified atom stereocenters. The number of hydrazone groups is 1. The van der Waals surface area contributed by atoms with E-state index in [1.165, 1.54) is 25.1 Å². The molecule has 0 aromatic heterocycles. The number of benzene rings is 3. The quantitative estimate of drug-likeness (QED) is 0.445. The lowest BCUT2D eigenvalue weighted by Crippen LogP contribution is -2.19. The lowest BCUT2D eigenvalue weighted by atomic mass is 10.2. The van der Waals surface area contributed by atoms with E-state index in [0.717, 1.165) is 18.8 Å². The first-order chi connectivity index (χ1) is 15.2. The molecule has 0 spiro atoms. The van der Waals surface area contributed by atoms with Crippen LogP contribution >= 0.6 is 0 Å². The fourth-order valence-corrected chi connectivity index (χ4v) is 3.51. The van der Waals surface area contributed by atoms with Crippen LogP contribution in [0.4, 0.5) is 10.1 Å². The van der Waals surface area contributed by atoms with Crippen molar-refractivity contribution in [3.05, 3.63) is 95.3 Å². The molecule has 1 aliphatic heterocycles. The highest BCUT2D eigenvalue weighted by molar-refractivity contribution is 5.95. The number of nitrogens with zero attached hydrogens (tertiary/aromatic N) is 2. The van der Waals surface area contributed by atoms with Crippen molar-refractivity contribution in [3.8, 4) is 5.75 Å². The van der Waals surface area contributed by atoms with Gasteiger partial charge < -0.3 is 9.64 Å². The van der Waals surface area contributed by atoms with Crippen LogP contribution in [0, 0.1) is 5.82 Å². The third kappa shape index (κ3) is 5.28. The Morgan fingerprint density at radius 2 is 1.71 bits per heavy atom. The summed E-state index contributed by atoms with van der Waals surface area (Å²) in [6.07, 6.45) is 3.94. The van der Waals surface area contributed by atoms with Gasteiger partial charge in [0.2, 0.25) is 0 Å². The largest absolute Gasteiger partial charge is 0.488 e. The summed E-state index contributed by atoms with van der Waals surface area (Å²) in [6, 6.07) is 21.3. The van der Waals surface area contributed by atoms with Crippen LogP contribution in [0.1, 0.15) is 34.3 Å². The van der Waals surface area contributed by atoms with E-state index in [9.17, 15) is 9.18 Å². The summed E-state index contributed by atoms with van der Waals surface area (Å²) >= 11 is 0. The van der Waals surface area contributed by atoms with Crippen molar-refractivity contribution in [2.24, 2.45) is 5.10 Å². The van der Waals surface area contributed by atoms with Gasteiger partial charge in [-0.05, 0) is 55.3 Å². The number of ether oxygens (including phenoxy) is 1. The molecule has 1 N–H and O–H groups in total. The van der Waals surface area contributed by atoms with Gasteiger partial charge in [-0.3, -0.25) is 4.79 Å². The highest BCUT2D eigenvalue weighted by Gasteiger charge is 2.13. The monoisotopic (exact) mass is 417 g/mol. The summed E-state index contributed by atoms with van der Waals surface area (Å²) < 4.78 is 19.6. The van der Waals surface area contributed by atoms with Crippen LogP contribution in [0.2, 0.25) is 0 Å². The summed E-state index contributed by atoms with van der Waals surface area (Å²) in [6.45, 7) is 2.23. The minimum Gasteiger partial charge on any atom is -0.488 e. The Labute approximate surface area is 181 Å². The van der Waals surface area contributed by atoms with Crippen molar-refractivity contribution >= 4 is 17.8 Å². The van der Waals surface area contributed by atoms with E-state index in [4.69, 9.17) is 4.74 Å². The predicted octanol–water partition coefficient (Wildman–Crippen LogP) is 4.77. The van der Waals surface area contributed by atoms with Gasteiger partial charge in [-0.2, -0.15) is 5.10 Å². The third-order valence-electron chi connectivity index (χ3n) is 5.23. The molecule has 1 heterocycles. The Kier molecular flexibility index (Phi) is 6.57. The van der Waals surface area contributed by atoms with Crippen LogP contribution in [-0.2, 0) is 6.61 Å². The van der Waals surface area contributed by atoms with E-state index in [2.05, 4.69) is 15.4 Å². The maximum atomic E-state index is 13.8. The average Bonchev–Trinajstić information content (AvgIpc) is 3.34. The first-order valence-corrected chi connectivity index (χ1v) is 10.3. The van der Waals surface area contributed by atoms with Crippen LogP contribution in [-0.4, -0.2) is 25.2 Å². The number of rotatable bonds is 7. The summed E-state index contributed by atoms with van der Waals surface area (Å²) in [5, 5.41) is 4.06. The van der Waals surface area contributed by atoms with Crippen molar-refractivity contribution in [1.29, 1.82) is 0 Å². The third-order valence-corrected chi connectivity index (χ3v) is 5.23. The average molecular weight is 417 g/mol. The maximum absolute atomic E-state index is 13.8. The van der Waals surface area contributed by atoms with Gasteiger partial charge in [0.15, 0.2) is 0 Å². The van der Waals surface area contributed by atoms with E-state index < -0.39 is 0 Å². The molecule has 4 rings (SSSR count). The SMILES string of the molecule is O=C(N/N=C\c1ccccc1OCc1ccccc1F)c1ccc(N2CCCC2)cc1. The van der Waals surface area contributed by atoms with E-state index >= 15 is 0 Å². The number of hydrogen-bond acceptors (Lipinski definition) is 4. The Hall–Kier alpha value is -3.67. The number of carbonyl (C=O) groups is 1. The van der Waals surface area contributed by atoms with Gasteiger partial charge >= 0.3 is 0 Å². The topological polar surface area (TPSA) is 53.9 Å². The van der Waals surface area contributed by atoms with Crippen molar-refractivity contribution in [2.75, 3.05) is 18.0 Å². The summed E-state index contributed by atoms with van der Waals surface area (Å²) in [5.41, 5.74) is 5.39. The smallest absolute Gasteiger partial charge is 0.271 e. The molecule has 1 amide bonds. The fourth-order valence-electron chi connectivity index (χ4n) is 3.51. The number of para-hydroxylation sites is 1. The second-order valence-corrected chi connectivity index (χ2v) is 7.36. The molecule has 158 valence electrons. The van der Waals surface area contributed by atoms with E-state index in [1.54, 1.807) is 24.3 Å². The zero-order chi connectivity index (χ0) is 21.5. The highest BCUT2D eigenvalue weighted by Crippen LogP contribution is 2.21. The molecule has 0 radical (unpaired) electrons. The van der Waals surface area contributed by atoms with Gasteiger partial charge in [0.25, 0.3) is 5.91 Å². The molecular weight excluding hydrogens is 393 g/mol. The number of nitrogens with one attached hydrogen (secondary N) is 1. The Balaban J connectivity index is 1.36. The maximum Gasteiger partial charge on any atom is 0.271 e. The second-order valence-electron chi connectivity index (χ2n) is 7.36. The van der Waals surface area contributed by atoms with Crippen molar-refractivity contribution in [3.63, 3.8) is 0 Å². The minimum atomic E-state index is -0.309. The molecular formula is C25H24FN3O2. The molecule has 1 saturated heterocycles. The summed E-state index contributed by atoms with van der Waals surface area (Å²) in [4.78, 5) is 14.7. The van der Waals surface area contributed by atoms with Crippen LogP contribution in [0.3, 0.4) is 0 Å². The van der Waals surface area contributed by atoms with Crippen molar-refractivity contribution in [2.45, 2.75) is 19.4 Å². The standard InChI is InChI=1S/C25H24FN3O2/c26-23-9-3-1-8-21(23)18-31-24-10-4-2-7-20(24)17-27-28-25(30)19-11-13-22(14-12-19)29-15-5-6-16-29/h1-4,7-14,17H,5-6,15-16,18H2,(H,28,30)/b27-17-. The Morgan fingerprint density at radius 1 is 1.00 bits per heavy atom. The van der Waals surface area contributed by atoms with Crippen LogP contribution in [0.25, 0.3) is 0 Å². The first-order valence-electron chi connectivity index (χ1n) is 10.3. The van der Waals surface area contributed by atoms with Crippen LogP contribution in [0.5, 0.6) is 5.75 Å². The second kappa shape index (κ2) is 9.89. The molecule has 1 aliphatic rings. The molecule has 3 aromatic carbocycles. The normalized spacial score (nSPS) is 13.5. The number of halogens is 1. The lowest BCUT2D eigenvalue weighted by molar-refractivity contribution is 0.0955. The predicted molar refractivity (Wildman–Crippen MR) is 120 cm³/mol. The molecule has 0 saturated carbocycles. The van der Waals surface area contributed by atoms with E-state index in [-0.39, 0.29) is 18.3 Å². The van der Waals surface area contributed by atoms with Gasteiger partial charge in [0.05, 0.1) is 6.21 Å². The first kappa shape index (κ1) is 20.6. The summed E-state index contributed by atoms with van der Waals surface area (Å²) in [7, 11) is 0. The Bertz CT molecular complexity index is 1060. The minimum absolute atomic E-state index is 0.104. The molecule has 31 heavy (non-hydrogen) atoms. The highest BCUT2D eigenvalue weighted by atomic mass is 19.1. The van der Waals surface area contributed by atoms with Crippen LogP contribution < -0.4 is 15.1 Å². The summed E-state index contributed by atoms with van der Waals surface area (Å²) in [5.74, 6) is -0.0376. The van der Waals surface area contributed by atoms with Gasteiger partial charge in [-0.15, -0.1) is 0 Å². The number of carbonyl (C=O) groups excluding carboxylic acids is 1. The number of anilines is 1. The molecule has 5 nitrogen and oxygen atoms in total. The van der Waals surface area contributed by atoms with Crippen molar-refractivity contribution < 1.29 is 13.9 Å². The molecule has 0 bridgehead atoms. The zero-order valence-electron chi connectivity index (χ0n) is 17.1. The molecule has 3 aromatic rings. The number of amides is 1. The van der Waals surface area contributed by atoms with Gasteiger partial charge in [0.1, 0.15) is 18.2 Å². The number of hydrogen-bond donors (Lipinski definition) is 1. The Morgan fingerprint density at radius 3 is 2.48 bits per heavy atom. The van der Waals surface area contributed by atoms with Gasteiger partial charge in [-0.25, -0.2) is 9.82 Å². The molecule has 1 fully saturated rings. The van der Waals surface area contributed by atoms with Gasteiger partial charge in [-0.1, -0.05) is 30.3 Å². The van der Waals surface area contributed by atoms with Gasteiger partial charge in [0, 0.05) is 35.5 Å². The fraction of sp³-hybridized carbons (Fsp3) is 0.200. The van der Waals surface area contributed by atoms with Crippen LogP contribution in [0.15, 0.2) is 77.9 Å². The molecule has 6 heteroatoms. The molecule has 0 aliphatic carbocycles. The molecule has 0 atom stereocenters. The van der Waals surface area contributed by atoms with Crippen molar-refractivity contribution in [1.82, 2.24) is 5.43 Å². The van der Waals surface area contributed by atoms with E-state index in [1.807, 2.05) is 42.5 Å². The van der Waals surface area contributed by atoms with E-state index in [0.29, 0.717) is 22.4 Å². The lowest BCUT2D eigenvalue weighted by Gasteiger charge is -2.17. The zero-order valence-corrected chi connectivity index (χ0v) is 17.1.